The molecule has 0 aromatic heterocycles. The molecule has 2 aromatic rings. The van der Waals surface area contributed by atoms with E-state index in [0.717, 1.165) is 11.3 Å². The van der Waals surface area contributed by atoms with Crippen molar-refractivity contribution in [3.05, 3.63) is 71.4 Å². The van der Waals surface area contributed by atoms with Gasteiger partial charge in [0.25, 0.3) is 0 Å². The fourth-order valence-electron chi connectivity index (χ4n) is 3.77. The Labute approximate surface area is 220 Å². The second-order valence-corrected chi connectivity index (χ2v) is 8.70. The lowest BCUT2D eigenvalue weighted by molar-refractivity contribution is -0.103. The van der Waals surface area contributed by atoms with Crippen molar-refractivity contribution in [1.29, 1.82) is 0 Å². The molecule has 1 heterocycles. The maximum atomic E-state index is 12.6. The van der Waals surface area contributed by atoms with Crippen LogP contribution in [0.4, 0.5) is 20.2 Å². The monoisotopic (exact) mass is 523 g/mol. The Hall–Kier alpha value is -4.54. The van der Waals surface area contributed by atoms with Gasteiger partial charge in [0.2, 0.25) is 0 Å². The second kappa shape index (κ2) is 12.1. The lowest BCUT2D eigenvalue weighted by Crippen LogP contribution is -2.25. The molecule has 0 spiro atoms. The van der Waals surface area contributed by atoms with Crippen LogP contribution in [0.3, 0.4) is 0 Å². The van der Waals surface area contributed by atoms with Gasteiger partial charge in [-0.1, -0.05) is 12.1 Å². The standard InChI is InChI=1S/C27H31F2N7O2/c1-31-26(35(4)5)20-15-18(9-12-22(20)30)36(6)33-23-13-14-24(34(2)3)32-25(23)21(16-37)17-7-10-19(11-8-17)38-27(28)29/h7-16,27H,30H2,1-6H3/b25-21-,31-26?,33-23-. The first-order valence-corrected chi connectivity index (χ1v) is 11.6. The van der Waals surface area contributed by atoms with Crippen molar-refractivity contribution in [2.24, 2.45) is 15.1 Å². The minimum absolute atomic E-state index is 0.0134. The van der Waals surface area contributed by atoms with Gasteiger partial charge in [-0.2, -0.15) is 13.9 Å². The molecule has 3 rings (SSSR count). The molecule has 1 aliphatic heterocycles. The summed E-state index contributed by atoms with van der Waals surface area (Å²) in [6.07, 6.45) is 4.23. The molecule has 0 fully saturated rings. The number of carbonyl (C=O) groups is 1. The number of allylic oxidation sites excluding steroid dienone is 2. The number of hydrazone groups is 1. The summed E-state index contributed by atoms with van der Waals surface area (Å²) in [5.74, 6) is 1.31. The number of aldehydes is 1. The molecule has 0 saturated carbocycles. The van der Waals surface area contributed by atoms with Crippen LogP contribution in [0.1, 0.15) is 11.1 Å². The molecule has 9 nitrogen and oxygen atoms in total. The third-order valence-electron chi connectivity index (χ3n) is 5.63. The molecule has 200 valence electrons. The first kappa shape index (κ1) is 28.0. The number of amidine groups is 2. The fourth-order valence-corrected chi connectivity index (χ4v) is 3.77. The van der Waals surface area contributed by atoms with Gasteiger partial charge in [-0.3, -0.25) is 14.8 Å². The van der Waals surface area contributed by atoms with Gasteiger partial charge in [0.05, 0.1) is 5.69 Å². The molecule has 0 amide bonds. The molecule has 1 aliphatic rings. The largest absolute Gasteiger partial charge is 0.435 e. The van der Waals surface area contributed by atoms with Crippen molar-refractivity contribution < 1.29 is 18.3 Å². The lowest BCUT2D eigenvalue weighted by Gasteiger charge is -2.22. The van der Waals surface area contributed by atoms with E-state index in [9.17, 15) is 13.6 Å². The molecular formula is C27H31F2N7O2. The maximum Gasteiger partial charge on any atom is 0.387 e. The predicted octanol–water partition coefficient (Wildman–Crippen LogP) is 3.74. The second-order valence-electron chi connectivity index (χ2n) is 8.70. The fraction of sp³-hybridized carbons (Fsp3) is 0.259. The number of likely N-dealkylation sites (N-methyl/N-ethyl adjacent to an activating group) is 1. The normalized spacial score (nSPS) is 15.9. The van der Waals surface area contributed by atoms with Crippen LogP contribution in [0.15, 0.2) is 75.4 Å². The maximum absolute atomic E-state index is 12.6. The summed E-state index contributed by atoms with van der Waals surface area (Å²) in [4.78, 5) is 25.0. The average molecular weight is 524 g/mol. The number of aliphatic imine (C=N–C) groups is 2. The van der Waals surface area contributed by atoms with E-state index in [-0.39, 0.29) is 11.3 Å². The van der Waals surface area contributed by atoms with Crippen molar-refractivity contribution in [3.63, 3.8) is 0 Å². The van der Waals surface area contributed by atoms with Crippen molar-refractivity contribution in [2.45, 2.75) is 6.61 Å². The van der Waals surface area contributed by atoms with Gasteiger partial charge in [0.1, 0.15) is 28.8 Å². The topological polar surface area (TPSA) is 99.1 Å². The number of nitrogens with two attached hydrogens (primary N) is 1. The number of alkyl halides is 2. The SMILES string of the molecule is CN=C(c1cc(N(C)/N=C2/C=CC(N(C)C)=N/C2=C(/C=O)c2ccc(OC(F)F)cc2)ccc1N)N(C)C. The van der Waals surface area contributed by atoms with Gasteiger partial charge in [-0.15, -0.1) is 0 Å². The molecule has 0 bridgehead atoms. The predicted molar refractivity (Wildman–Crippen MR) is 149 cm³/mol. The molecule has 11 heteroatoms. The van der Waals surface area contributed by atoms with Crippen LogP contribution >= 0.6 is 0 Å². The van der Waals surface area contributed by atoms with E-state index in [1.165, 1.54) is 24.3 Å². The number of nitrogens with zero attached hydrogens (tertiary/aromatic N) is 6. The van der Waals surface area contributed by atoms with Crippen LogP contribution < -0.4 is 15.5 Å². The smallest absolute Gasteiger partial charge is 0.387 e. The third-order valence-corrected chi connectivity index (χ3v) is 5.63. The third kappa shape index (κ3) is 6.41. The molecule has 2 aromatic carbocycles. The number of dihydropyridines is 1. The molecule has 0 unspecified atom stereocenters. The highest BCUT2D eigenvalue weighted by Crippen LogP contribution is 2.27. The summed E-state index contributed by atoms with van der Waals surface area (Å²) < 4.78 is 29.6. The number of hydrogen-bond acceptors (Lipinski definition) is 8. The van der Waals surface area contributed by atoms with Crippen LogP contribution in [-0.4, -0.2) is 82.4 Å². The molecule has 0 radical (unpaired) electrons. The van der Waals surface area contributed by atoms with Gasteiger partial charge in [-0.25, -0.2) is 4.99 Å². The van der Waals surface area contributed by atoms with Crippen molar-refractivity contribution in [1.82, 2.24) is 9.80 Å². The van der Waals surface area contributed by atoms with E-state index >= 15 is 0 Å². The highest BCUT2D eigenvalue weighted by atomic mass is 19.3. The van der Waals surface area contributed by atoms with E-state index < -0.39 is 6.61 Å². The van der Waals surface area contributed by atoms with E-state index in [4.69, 9.17) is 10.8 Å². The summed E-state index contributed by atoms with van der Waals surface area (Å²) in [7, 11) is 10.9. The molecule has 2 N–H and O–H groups in total. The summed E-state index contributed by atoms with van der Waals surface area (Å²) in [6.45, 7) is -2.94. The van der Waals surface area contributed by atoms with Crippen LogP contribution in [0.2, 0.25) is 0 Å². The van der Waals surface area contributed by atoms with Crippen LogP contribution in [0, 0.1) is 0 Å². The summed E-state index contributed by atoms with van der Waals surface area (Å²) >= 11 is 0. The van der Waals surface area contributed by atoms with Gasteiger partial charge >= 0.3 is 6.61 Å². The van der Waals surface area contributed by atoms with Crippen LogP contribution in [0.25, 0.3) is 5.57 Å². The van der Waals surface area contributed by atoms with Crippen LogP contribution in [-0.2, 0) is 4.79 Å². The number of anilines is 2. The molecule has 0 saturated heterocycles. The quantitative estimate of drug-likeness (QED) is 0.148. The Bertz CT molecular complexity index is 1330. The minimum Gasteiger partial charge on any atom is -0.435 e. The summed E-state index contributed by atoms with van der Waals surface area (Å²) in [5, 5.41) is 6.39. The Morgan fingerprint density at radius 2 is 1.74 bits per heavy atom. The van der Waals surface area contributed by atoms with Crippen LogP contribution in [0.5, 0.6) is 5.75 Å². The van der Waals surface area contributed by atoms with Crippen molar-refractivity contribution in [2.75, 3.05) is 53.0 Å². The summed E-state index contributed by atoms with van der Waals surface area (Å²) in [6, 6.07) is 11.3. The van der Waals surface area contributed by atoms with Gasteiger partial charge in [0, 0.05) is 59.1 Å². The first-order chi connectivity index (χ1) is 18.0. The zero-order valence-electron chi connectivity index (χ0n) is 22.2. The number of halogens is 2. The molecule has 0 atom stereocenters. The van der Waals surface area contributed by atoms with Gasteiger partial charge in [0.15, 0.2) is 6.29 Å². The molecule has 0 aliphatic carbocycles. The number of nitrogen functional groups attached to an aromatic ring is 1. The van der Waals surface area contributed by atoms with Crippen molar-refractivity contribution in [3.8, 4) is 5.75 Å². The number of carbonyl (C=O) groups excluding carboxylic acids is 1. The number of ether oxygens (including phenoxy) is 1. The highest BCUT2D eigenvalue weighted by Gasteiger charge is 2.20. The number of rotatable bonds is 7. The molecule has 38 heavy (non-hydrogen) atoms. The average Bonchev–Trinajstić information content (AvgIpc) is 2.87. The lowest BCUT2D eigenvalue weighted by atomic mass is 10.0. The summed E-state index contributed by atoms with van der Waals surface area (Å²) in [5.41, 5.74) is 9.78. The Morgan fingerprint density at radius 1 is 1.05 bits per heavy atom. The van der Waals surface area contributed by atoms with Gasteiger partial charge < -0.3 is 20.3 Å². The Kier molecular flexibility index (Phi) is 8.95. The number of hydrogen-bond donors (Lipinski definition) is 1. The zero-order valence-corrected chi connectivity index (χ0v) is 22.2. The Balaban J connectivity index is 2.10. The molecular weight excluding hydrogens is 492 g/mol. The Morgan fingerprint density at radius 3 is 2.29 bits per heavy atom. The van der Waals surface area contributed by atoms with E-state index in [1.54, 1.807) is 42.2 Å². The van der Waals surface area contributed by atoms with E-state index in [0.29, 0.717) is 40.6 Å². The van der Waals surface area contributed by atoms with Crippen molar-refractivity contribution >= 4 is 40.6 Å². The minimum atomic E-state index is -2.94. The highest BCUT2D eigenvalue weighted by molar-refractivity contribution is 6.25. The first-order valence-electron chi connectivity index (χ1n) is 11.6. The zero-order chi connectivity index (χ0) is 28.0. The van der Waals surface area contributed by atoms with Gasteiger partial charge in [-0.05, 0) is 48.0 Å². The number of benzene rings is 2. The van der Waals surface area contributed by atoms with E-state index in [2.05, 4.69) is 14.7 Å². The van der Waals surface area contributed by atoms with E-state index in [1.807, 2.05) is 45.2 Å².